The van der Waals surface area contributed by atoms with E-state index in [9.17, 15) is 0 Å². The van der Waals surface area contributed by atoms with Gasteiger partial charge in [-0.25, -0.2) is 0 Å². The van der Waals surface area contributed by atoms with E-state index in [1.807, 2.05) is 0 Å². The number of allylic oxidation sites excluding steroid dienone is 1. The summed E-state index contributed by atoms with van der Waals surface area (Å²) in [5.41, 5.74) is 2.84. The molecule has 1 unspecified atom stereocenters. The summed E-state index contributed by atoms with van der Waals surface area (Å²) in [5, 5.41) is 0. The molecule has 0 bridgehead atoms. The Labute approximate surface area is 72.4 Å². The van der Waals surface area contributed by atoms with E-state index >= 15 is 0 Å². The Bertz CT molecular complexity index is 276. The molecule has 0 spiro atoms. The van der Waals surface area contributed by atoms with Crippen LogP contribution in [-0.4, -0.2) is 0 Å². The van der Waals surface area contributed by atoms with Crippen molar-refractivity contribution < 1.29 is 20.4 Å². The molecule has 2 rings (SSSR count). The van der Waals surface area contributed by atoms with Gasteiger partial charge < -0.3 is 0 Å². The number of fused-ring (bicyclic) bond motifs is 1. The number of rotatable bonds is 0. The summed E-state index contributed by atoms with van der Waals surface area (Å²) in [6, 6.07) is 8.54. The molecule has 0 heterocycles. The molecule has 0 nitrogen and oxygen atoms in total. The van der Waals surface area contributed by atoms with Crippen molar-refractivity contribution in [2.75, 3.05) is 0 Å². The van der Waals surface area contributed by atoms with Crippen molar-refractivity contribution in [3.8, 4) is 0 Å². The molecular weight excluding hydrogens is 156 g/mol. The number of benzene rings is 1. The minimum absolute atomic E-state index is 0.621. The van der Waals surface area contributed by atoms with Crippen molar-refractivity contribution in [3.63, 3.8) is 0 Å². The predicted molar refractivity (Wildman–Crippen MR) is 38.2 cm³/mol. The van der Waals surface area contributed by atoms with E-state index in [1.54, 1.807) is 0 Å². The van der Waals surface area contributed by atoms with Crippen molar-refractivity contribution in [3.05, 3.63) is 41.5 Å². The zero-order valence-corrected chi connectivity index (χ0v) is 7.10. The molecule has 0 fully saturated rings. The van der Waals surface area contributed by atoms with E-state index in [0.29, 0.717) is 4.22 Å². The topological polar surface area (TPSA) is 0 Å². The van der Waals surface area contributed by atoms with Crippen LogP contribution in [0.3, 0.4) is 0 Å². The van der Waals surface area contributed by atoms with Gasteiger partial charge in [0.05, 0.1) is 0 Å². The molecule has 0 saturated heterocycles. The number of hydrogen-bond donors (Lipinski definition) is 0. The van der Waals surface area contributed by atoms with Gasteiger partial charge in [0.15, 0.2) is 0 Å². The Morgan fingerprint density at radius 2 is 2.00 bits per heavy atom. The first-order valence-electron chi connectivity index (χ1n) is 3.36. The van der Waals surface area contributed by atoms with Crippen molar-refractivity contribution in [1.82, 2.24) is 0 Å². The molecule has 1 aromatic carbocycles. The first-order valence-corrected chi connectivity index (χ1v) is 4.26. The fraction of sp³-hybridized carbons (Fsp3) is 0.111. The zero-order valence-electron chi connectivity index (χ0n) is 5.54. The summed E-state index contributed by atoms with van der Waals surface area (Å²) >= 11 is 2.22. The van der Waals surface area contributed by atoms with E-state index < -0.39 is 0 Å². The molecular formula is C9H7Ti+3. The third kappa shape index (κ3) is 0.883. The average molecular weight is 163 g/mol. The van der Waals surface area contributed by atoms with Crippen LogP contribution in [-0.2, 0) is 20.4 Å². The van der Waals surface area contributed by atoms with E-state index in [0.717, 1.165) is 0 Å². The molecule has 1 heteroatoms. The van der Waals surface area contributed by atoms with Crippen LogP contribution in [0.25, 0.3) is 6.08 Å². The van der Waals surface area contributed by atoms with E-state index in [2.05, 4.69) is 56.9 Å². The van der Waals surface area contributed by atoms with Crippen LogP contribution in [0.1, 0.15) is 15.3 Å². The molecule has 10 heavy (non-hydrogen) atoms. The molecule has 0 radical (unpaired) electrons. The van der Waals surface area contributed by atoms with Crippen LogP contribution >= 0.6 is 0 Å². The van der Waals surface area contributed by atoms with Crippen molar-refractivity contribution >= 4 is 6.08 Å². The third-order valence-corrected chi connectivity index (χ3v) is 2.59. The molecule has 0 aromatic heterocycles. The van der Waals surface area contributed by atoms with Crippen molar-refractivity contribution in [2.45, 2.75) is 4.22 Å². The zero-order chi connectivity index (χ0) is 6.97. The average Bonchev–Trinajstić information content (AvgIpc) is 2.34. The molecule has 1 aliphatic rings. The first kappa shape index (κ1) is 6.39. The second kappa shape index (κ2) is 2.37. The van der Waals surface area contributed by atoms with Gasteiger partial charge in [0.2, 0.25) is 0 Å². The van der Waals surface area contributed by atoms with Gasteiger partial charge >= 0.3 is 72.2 Å². The summed E-state index contributed by atoms with van der Waals surface area (Å²) in [6.07, 6.45) is 4.44. The molecule has 0 N–H and O–H groups in total. The van der Waals surface area contributed by atoms with Gasteiger partial charge in [-0.15, -0.1) is 0 Å². The maximum atomic E-state index is 2.24. The Morgan fingerprint density at radius 3 is 2.80 bits per heavy atom. The first-order chi connectivity index (χ1) is 4.88. The standard InChI is InChI=1S/C9H7.Ti/c1-2-5-9-7-3-6-8(9)4-1;/h1-7H;/q;+3. The van der Waals surface area contributed by atoms with Gasteiger partial charge in [0, 0.05) is 0 Å². The molecule has 0 amide bonds. The molecule has 44 valence electrons. The van der Waals surface area contributed by atoms with Crippen LogP contribution < -0.4 is 0 Å². The molecule has 1 atom stereocenters. The van der Waals surface area contributed by atoms with Gasteiger partial charge in [0.25, 0.3) is 0 Å². The Kier molecular flexibility index (Phi) is 1.52. The number of hydrogen-bond acceptors (Lipinski definition) is 0. The molecule has 1 aromatic rings. The monoisotopic (exact) mass is 163 g/mol. The maximum absolute atomic E-state index is 2.24. The van der Waals surface area contributed by atoms with Crippen molar-refractivity contribution in [2.24, 2.45) is 0 Å². The summed E-state index contributed by atoms with van der Waals surface area (Å²) < 4.78 is 0.621. The van der Waals surface area contributed by atoms with Gasteiger partial charge in [-0.1, -0.05) is 0 Å². The van der Waals surface area contributed by atoms with Crippen LogP contribution in [0.2, 0.25) is 0 Å². The van der Waals surface area contributed by atoms with Gasteiger partial charge in [-0.2, -0.15) is 0 Å². The Morgan fingerprint density at radius 1 is 1.20 bits per heavy atom. The third-order valence-electron chi connectivity index (χ3n) is 1.80. The second-order valence-corrected chi connectivity index (χ2v) is 3.44. The van der Waals surface area contributed by atoms with Gasteiger partial charge in [-0.3, -0.25) is 0 Å². The fourth-order valence-corrected chi connectivity index (χ4v) is 1.81. The summed E-state index contributed by atoms with van der Waals surface area (Å²) in [5.74, 6) is 0. The van der Waals surface area contributed by atoms with E-state index in [-0.39, 0.29) is 0 Å². The van der Waals surface area contributed by atoms with E-state index in [1.165, 1.54) is 11.1 Å². The minimum atomic E-state index is 0.621. The predicted octanol–water partition coefficient (Wildman–Crippen LogP) is 2.30. The van der Waals surface area contributed by atoms with Crippen molar-refractivity contribution in [1.29, 1.82) is 0 Å². The summed E-state index contributed by atoms with van der Waals surface area (Å²) in [7, 11) is 0. The molecule has 0 saturated carbocycles. The molecule has 0 aliphatic heterocycles. The Balaban J connectivity index is 2.59. The normalized spacial score (nSPS) is 21.2. The Hall–Kier alpha value is -0.326. The molecule has 1 aliphatic carbocycles. The fourth-order valence-electron chi connectivity index (χ4n) is 1.25. The van der Waals surface area contributed by atoms with Crippen LogP contribution in [0, 0.1) is 0 Å². The SMILES string of the molecule is [Ti+3][CH]1C=Cc2ccccc21. The quantitative estimate of drug-likeness (QED) is 0.514. The summed E-state index contributed by atoms with van der Waals surface area (Å²) in [4.78, 5) is 0. The van der Waals surface area contributed by atoms with Gasteiger partial charge in [-0.05, 0) is 0 Å². The van der Waals surface area contributed by atoms with E-state index in [4.69, 9.17) is 0 Å². The van der Waals surface area contributed by atoms with Gasteiger partial charge in [0.1, 0.15) is 0 Å². The second-order valence-electron chi connectivity index (χ2n) is 2.47. The van der Waals surface area contributed by atoms with Crippen LogP contribution in [0.5, 0.6) is 0 Å². The van der Waals surface area contributed by atoms with Crippen LogP contribution in [0.4, 0.5) is 0 Å². The van der Waals surface area contributed by atoms with Crippen LogP contribution in [0.15, 0.2) is 30.3 Å². The summed E-state index contributed by atoms with van der Waals surface area (Å²) in [6.45, 7) is 0.